The average Bonchev–Trinajstić information content (AvgIpc) is 2.95. The van der Waals surface area contributed by atoms with Crippen LogP contribution in [0.5, 0.6) is 0 Å². The zero-order chi connectivity index (χ0) is 20.4. The van der Waals surface area contributed by atoms with E-state index in [9.17, 15) is 14.4 Å². The molecule has 0 radical (unpaired) electrons. The first-order valence-electron chi connectivity index (χ1n) is 8.39. The summed E-state index contributed by atoms with van der Waals surface area (Å²) in [6.45, 7) is 3.50. The van der Waals surface area contributed by atoms with Crippen LogP contribution in [0, 0.1) is 31.0 Å². The largest absolute Gasteiger partial charge is 0.315 e. The molecule has 3 aromatic rings. The maximum atomic E-state index is 14.2. The van der Waals surface area contributed by atoms with E-state index < -0.39 is 11.6 Å². The molecular weight excluding hydrogens is 398 g/mol. The van der Waals surface area contributed by atoms with Crippen LogP contribution in [0.1, 0.15) is 27.3 Å². The predicted octanol–water partition coefficient (Wildman–Crippen LogP) is 6.33. The van der Waals surface area contributed by atoms with E-state index in [1.54, 1.807) is 60.9 Å². The van der Waals surface area contributed by atoms with Crippen LogP contribution < -0.4 is 0 Å². The van der Waals surface area contributed by atoms with E-state index in [1.807, 2.05) is 6.07 Å². The van der Waals surface area contributed by atoms with Crippen molar-refractivity contribution in [1.82, 2.24) is 4.57 Å². The minimum Gasteiger partial charge on any atom is -0.315 e. The zero-order valence-corrected chi connectivity index (χ0v) is 16.6. The summed E-state index contributed by atoms with van der Waals surface area (Å²) >= 11 is 12.0. The number of aryl methyl sites for hydroxylation is 1. The quantitative estimate of drug-likeness (QED) is 0.285. The predicted molar refractivity (Wildman–Crippen MR) is 110 cm³/mol. The fourth-order valence-electron chi connectivity index (χ4n) is 3.06. The van der Waals surface area contributed by atoms with Crippen LogP contribution in [-0.4, -0.2) is 10.4 Å². The molecular formula is C22H15Cl2FN2O. The van der Waals surface area contributed by atoms with Gasteiger partial charge in [0.05, 0.1) is 5.69 Å². The first-order chi connectivity index (χ1) is 13.3. The van der Waals surface area contributed by atoms with E-state index in [1.165, 1.54) is 12.1 Å². The Labute approximate surface area is 172 Å². The number of halogens is 3. The summed E-state index contributed by atoms with van der Waals surface area (Å²) in [5.41, 5.74) is 2.36. The smallest absolute Gasteiger partial charge is 0.205 e. The lowest BCUT2D eigenvalue weighted by atomic mass is 10.0. The maximum absolute atomic E-state index is 14.2. The fourth-order valence-corrected chi connectivity index (χ4v) is 3.53. The normalized spacial score (nSPS) is 11.4. The Morgan fingerprint density at radius 2 is 1.86 bits per heavy atom. The Morgan fingerprint density at radius 3 is 2.50 bits per heavy atom. The number of nitriles is 1. The highest BCUT2D eigenvalue weighted by molar-refractivity contribution is 6.35. The number of nitrogens with zero attached hydrogens (tertiary/aromatic N) is 2. The molecule has 140 valence electrons. The number of allylic oxidation sites excluding steroid dienone is 1. The van der Waals surface area contributed by atoms with Gasteiger partial charge in [-0.15, -0.1) is 0 Å². The Balaban J connectivity index is 2.07. The zero-order valence-electron chi connectivity index (χ0n) is 15.1. The van der Waals surface area contributed by atoms with Crippen molar-refractivity contribution in [3.63, 3.8) is 0 Å². The molecule has 0 spiro atoms. The molecule has 0 atom stereocenters. The Bertz CT molecular complexity index is 1160. The molecule has 0 aliphatic carbocycles. The fraction of sp³-hybridized carbons (Fsp3) is 0.0909. The Hall–Kier alpha value is -2.87. The van der Waals surface area contributed by atoms with Gasteiger partial charge in [0, 0.05) is 27.0 Å². The van der Waals surface area contributed by atoms with Crippen LogP contribution >= 0.6 is 23.2 Å². The lowest BCUT2D eigenvalue weighted by Crippen LogP contribution is -2.06. The standard InChI is InChI=1S/C22H15Cl2FN2O/c1-13-9-18(14(2)27(13)21-6-4-3-5-20(21)25)22(28)16(12-26)10-15-7-8-17(23)11-19(15)24/h3-11H,1-2H3. The molecule has 0 saturated carbocycles. The number of hydrogen-bond donors (Lipinski definition) is 0. The Kier molecular flexibility index (Phi) is 5.69. The molecule has 0 aliphatic heterocycles. The van der Waals surface area contributed by atoms with Gasteiger partial charge in [0.2, 0.25) is 5.78 Å². The second-order valence-electron chi connectivity index (χ2n) is 6.24. The van der Waals surface area contributed by atoms with E-state index in [4.69, 9.17) is 23.2 Å². The van der Waals surface area contributed by atoms with Crippen molar-refractivity contribution in [2.75, 3.05) is 0 Å². The van der Waals surface area contributed by atoms with Gasteiger partial charge in [-0.25, -0.2) is 4.39 Å². The first-order valence-corrected chi connectivity index (χ1v) is 9.14. The highest BCUT2D eigenvalue weighted by Gasteiger charge is 2.21. The monoisotopic (exact) mass is 412 g/mol. The van der Waals surface area contributed by atoms with Crippen LogP contribution in [0.2, 0.25) is 10.0 Å². The number of benzene rings is 2. The molecule has 0 unspecified atom stereocenters. The third-order valence-electron chi connectivity index (χ3n) is 4.40. The van der Waals surface area contributed by atoms with Crippen molar-refractivity contribution in [2.45, 2.75) is 13.8 Å². The van der Waals surface area contributed by atoms with Crippen LogP contribution in [0.3, 0.4) is 0 Å². The average molecular weight is 413 g/mol. The van der Waals surface area contributed by atoms with Crippen molar-refractivity contribution in [1.29, 1.82) is 5.26 Å². The molecule has 0 N–H and O–H groups in total. The van der Waals surface area contributed by atoms with E-state index in [0.29, 0.717) is 38.2 Å². The minimum absolute atomic E-state index is 0.0713. The van der Waals surface area contributed by atoms with Gasteiger partial charge in [-0.05, 0) is 55.8 Å². The molecule has 2 aromatic carbocycles. The van der Waals surface area contributed by atoms with Crippen molar-refractivity contribution in [2.24, 2.45) is 0 Å². The second kappa shape index (κ2) is 8.02. The molecule has 0 aliphatic rings. The highest BCUT2D eigenvalue weighted by Crippen LogP contribution is 2.27. The second-order valence-corrected chi connectivity index (χ2v) is 7.08. The number of Topliss-reactive ketones (excluding diaryl/α,β-unsaturated/α-hetero) is 1. The molecule has 0 fully saturated rings. The number of rotatable bonds is 4. The van der Waals surface area contributed by atoms with Gasteiger partial charge < -0.3 is 4.57 Å². The summed E-state index contributed by atoms with van der Waals surface area (Å²) < 4.78 is 15.9. The number of ketones is 1. The van der Waals surface area contributed by atoms with Gasteiger partial charge in [-0.3, -0.25) is 4.79 Å². The third-order valence-corrected chi connectivity index (χ3v) is 4.96. The highest BCUT2D eigenvalue weighted by atomic mass is 35.5. The summed E-state index contributed by atoms with van der Waals surface area (Å²) in [5, 5.41) is 10.3. The maximum Gasteiger partial charge on any atom is 0.205 e. The van der Waals surface area contributed by atoms with Crippen LogP contribution in [0.4, 0.5) is 4.39 Å². The number of carbonyl (C=O) groups is 1. The molecule has 0 saturated heterocycles. The van der Waals surface area contributed by atoms with Crippen molar-refractivity contribution >= 4 is 35.1 Å². The van der Waals surface area contributed by atoms with Crippen LogP contribution in [0.25, 0.3) is 11.8 Å². The molecule has 3 nitrogen and oxygen atoms in total. The molecule has 6 heteroatoms. The van der Waals surface area contributed by atoms with Gasteiger partial charge >= 0.3 is 0 Å². The molecule has 1 heterocycles. The van der Waals surface area contributed by atoms with Crippen LogP contribution in [0.15, 0.2) is 54.1 Å². The lowest BCUT2D eigenvalue weighted by Gasteiger charge is -2.10. The van der Waals surface area contributed by atoms with E-state index >= 15 is 0 Å². The molecule has 28 heavy (non-hydrogen) atoms. The van der Waals surface area contributed by atoms with Crippen LogP contribution in [-0.2, 0) is 0 Å². The van der Waals surface area contributed by atoms with E-state index in [0.717, 1.165) is 0 Å². The SMILES string of the molecule is Cc1cc(C(=O)C(C#N)=Cc2ccc(Cl)cc2Cl)c(C)n1-c1ccccc1F. The van der Waals surface area contributed by atoms with Crippen molar-refractivity contribution < 1.29 is 9.18 Å². The first kappa shape index (κ1) is 19.9. The number of carbonyl (C=O) groups excluding carboxylic acids is 1. The van der Waals surface area contributed by atoms with Crippen molar-refractivity contribution in [3.8, 4) is 11.8 Å². The summed E-state index contributed by atoms with van der Waals surface area (Å²) in [5.74, 6) is -0.850. The van der Waals surface area contributed by atoms with E-state index in [-0.39, 0.29) is 5.57 Å². The number of hydrogen-bond acceptors (Lipinski definition) is 2. The summed E-state index contributed by atoms with van der Waals surface area (Å²) in [6, 6.07) is 14.7. The van der Waals surface area contributed by atoms with Gasteiger partial charge in [-0.2, -0.15) is 5.26 Å². The van der Waals surface area contributed by atoms with Gasteiger partial charge in [0.15, 0.2) is 0 Å². The van der Waals surface area contributed by atoms with Gasteiger partial charge in [0.1, 0.15) is 17.5 Å². The lowest BCUT2D eigenvalue weighted by molar-refractivity contribution is 0.103. The number of aromatic nitrogens is 1. The topological polar surface area (TPSA) is 45.8 Å². The van der Waals surface area contributed by atoms with Gasteiger partial charge in [-0.1, -0.05) is 41.4 Å². The summed E-state index contributed by atoms with van der Waals surface area (Å²) in [6.07, 6.45) is 1.43. The molecule has 1 aromatic heterocycles. The van der Waals surface area contributed by atoms with E-state index in [2.05, 4.69) is 0 Å². The molecule has 3 rings (SSSR count). The molecule has 0 bridgehead atoms. The number of para-hydroxylation sites is 1. The summed E-state index contributed by atoms with van der Waals surface area (Å²) in [4.78, 5) is 13.0. The minimum atomic E-state index is -0.454. The Morgan fingerprint density at radius 1 is 1.14 bits per heavy atom. The third kappa shape index (κ3) is 3.73. The summed E-state index contributed by atoms with van der Waals surface area (Å²) in [7, 11) is 0. The van der Waals surface area contributed by atoms with Gasteiger partial charge in [0.25, 0.3) is 0 Å². The molecule has 0 amide bonds. The van der Waals surface area contributed by atoms with Crippen molar-refractivity contribution in [3.05, 3.63) is 92.5 Å².